The summed E-state index contributed by atoms with van der Waals surface area (Å²) in [5.74, 6) is 1.20. The van der Waals surface area contributed by atoms with E-state index in [0.717, 1.165) is 0 Å². The lowest BCUT2D eigenvalue weighted by Crippen LogP contribution is -2.38. The summed E-state index contributed by atoms with van der Waals surface area (Å²) in [4.78, 5) is 4.34. The Bertz CT molecular complexity index is 375. The highest BCUT2D eigenvalue weighted by atomic mass is 16.5. The normalized spacial score (nSPS) is 20.5. The minimum Gasteiger partial charge on any atom is -0.389 e. The van der Waals surface area contributed by atoms with Gasteiger partial charge in [0, 0.05) is 31.5 Å². The van der Waals surface area contributed by atoms with Crippen molar-refractivity contribution >= 4 is 0 Å². The SMILES string of the molecule is CC(C)(C)c1noc(CC2(O)CCOCC2)n1. The molecule has 0 unspecified atom stereocenters. The number of nitrogens with zero attached hydrogens (tertiary/aromatic N) is 2. The van der Waals surface area contributed by atoms with Crippen molar-refractivity contribution in [1.82, 2.24) is 10.1 Å². The zero-order chi connectivity index (χ0) is 12.5. The summed E-state index contributed by atoms with van der Waals surface area (Å²) in [6.07, 6.45) is 1.67. The predicted octanol–water partition coefficient (Wildman–Crippen LogP) is 1.45. The highest BCUT2D eigenvalue weighted by molar-refractivity contribution is 5.02. The molecule has 0 saturated carbocycles. The number of hydrogen-bond acceptors (Lipinski definition) is 5. The van der Waals surface area contributed by atoms with E-state index in [1.54, 1.807) is 0 Å². The average Bonchev–Trinajstić information content (AvgIpc) is 2.66. The van der Waals surface area contributed by atoms with Crippen molar-refractivity contribution in [2.75, 3.05) is 13.2 Å². The van der Waals surface area contributed by atoms with E-state index >= 15 is 0 Å². The topological polar surface area (TPSA) is 68.4 Å². The lowest BCUT2D eigenvalue weighted by Gasteiger charge is -2.30. The molecule has 1 fully saturated rings. The van der Waals surface area contributed by atoms with Crippen LogP contribution in [0.2, 0.25) is 0 Å². The third kappa shape index (κ3) is 3.04. The van der Waals surface area contributed by atoms with E-state index < -0.39 is 5.60 Å². The van der Waals surface area contributed by atoms with E-state index in [1.807, 2.05) is 20.8 Å². The lowest BCUT2D eigenvalue weighted by molar-refractivity contribution is -0.0660. The van der Waals surface area contributed by atoms with Crippen LogP contribution >= 0.6 is 0 Å². The van der Waals surface area contributed by atoms with E-state index in [4.69, 9.17) is 9.26 Å². The van der Waals surface area contributed by atoms with Crippen LogP contribution in [0.4, 0.5) is 0 Å². The van der Waals surface area contributed by atoms with Crippen molar-refractivity contribution in [2.45, 2.75) is 51.0 Å². The zero-order valence-corrected chi connectivity index (χ0v) is 10.7. The molecule has 0 radical (unpaired) electrons. The van der Waals surface area contributed by atoms with Gasteiger partial charge in [0.1, 0.15) is 0 Å². The van der Waals surface area contributed by atoms with Crippen molar-refractivity contribution in [1.29, 1.82) is 0 Å². The van der Waals surface area contributed by atoms with E-state index in [1.165, 1.54) is 0 Å². The first-order valence-electron chi connectivity index (χ1n) is 6.02. The zero-order valence-electron chi connectivity index (χ0n) is 10.7. The fraction of sp³-hybridized carbons (Fsp3) is 0.833. The Labute approximate surface area is 101 Å². The van der Waals surface area contributed by atoms with Crippen LogP contribution in [0, 0.1) is 0 Å². The molecule has 1 aliphatic rings. The third-order valence-corrected chi connectivity index (χ3v) is 3.04. The van der Waals surface area contributed by atoms with Crippen LogP contribution in [0.1, 0.15) is 45.3 Å². The molecular formula is C12H20N2O3. The van der Waals surface area contributed by atoms with Crippen LogP contribution in [-0.2, 0) is 16.6 Å². The van der Waals surface area contributed by atoms with Crippen LogP contribution in [0.25, 0.3) is 0 Å². The quantitative estimate of drug-likeness (QED) is 0.847. The first kappa shape index (κ1) is 12.5. The summed E-state index contributed by atoms with van der Waals surface area (Å²) in [6.45, 7) is 7.29. The summed E-state index contributed by atoms with van der Waals surface area (Å²) < 4.78 is 10.4. The summed E-state index contributed by atoms with van der Waals surface area (Å²) >= 11 is 0. The lowest BCUT2D eigenvalue weighted by atomic mass is 9.91. The van der Waals surface area contributed by atoms with Crippen molar-refractivity contribution in [2.24, 2.45) is 0 Å². The Kier molecular flexibility index (Phi) is 3.23. The summed E-state index contributed by atoms with van der Waals surface area (Å²) in [5, 5.41) is 14.3. The number of ether oxygens (including phenoxy) is 1. The molecule has 1 aromatic rings. The van der Waals surface area contributed by atoms with E-state index in [0.29, 0.717) is 44.2 Å². The Morgan fingerprint density at radius 2 is 1.94 bits per heavy atom. The van der Waals surface area contributed by atoms with E-state index in [9.17, 15) is 5.11 Å². The van der Waals surface area contributed by atoms with E-state index in [2.05, 4.69) is 10.1 Å². The van der Waals surface area contributed by atoms with Gasteiger partial charge in [-0.3, -0.25) is 0 Å². The molecule has 17 heavy (non-hydrogen) atoms. The fourth-order valence-corrected chi connectivity index (χ4v) is 1.84. The van der Waals surface area contributed by atoms with Crippen LogP contribution < -0.4 is 0 Å². The minimum atomic E-state index is -0.750. The van der Waals surface area contributed by atoms with Crippen molar-refractivity contribution in [3.63, 3.8) is 0 Å². The molecule has 1 N–H and O–H groups in total. The second-order valence-electron chi connectivity index (χ2n) is 5.78. The standard InChI is InChI=1S/C12H20N2O3/c1-11(2,3)10-13-9(17-14-10)8-12(15)4-6-16-7-5-12/h15H,4-8H2,1-3H3. The van der Waals surface area contributed by atoms with Gasteiger partial charge in [-0.25, -0.2) is 0 Å². The molecule has 2 rings (SSSR count). The van der Waals surface area contributed by atoms with Gasteiger partial charge in [-0.1, -0.05) is 25.9 Å². The molecule has 1 aliphatic heterocycles. The monoisotopic (exact) mass is 240 g/mol. The molecule has 5 heteroatoms. The van der Waals surface area contributed by atoms with Crippen molar-refractivity contribution in [3.8, 4) is 0 Å². The van der Waals surface area contributed by atoms with Crippen molar-refractivity contribution < 1.29 is 14.4 Å². The largest absolute Gasteiger partial charge is 0.389 e. The Morgan fingerprint density at radius 1 is 1.29 bits per heavy atom. The Morgan fingerprint density at radius 3 is 2.47 bits per heavy atom. The van der Waals surface area contributed by atoms with Gasteiger partial charge in [-0.05, 0) is 0 Å². The Balaban J connectivity index is 2.06. The van der Waals surface area contributed by atoms with Gasteiger partial charge >= 0.3 is 0 Å². The smallest absolute Gasteiger partial charge is 0.229 e. The molecule has 5 nitrogen and oxygen atoms in total. The highest BCUT2D eigenvalue weighted by Gasteiger charge is 2.33. The van der Waals surface area contributed by atoms with Gasteiger partial charge in [0.15, 0.2) is 5.82 Å². The maximum Gasteiger partial charge on any atom is 0.229 e. The molecule has 96 valence electrons. The Hall–Kier alpha value is -0.940. The number of aliphatic hydroxyl groups is 1. The molecule has 1 aromatic heterocycles. The molecule has 0 atom stereocenters. The molecular weight excluding hydrogens is 220 g/mol. The van der Waals surface area contributed by atoms with Gasteiger partial charge < -0.3 is 14.4 Å². The molecule has 2 heterocycles. The van der Waals surface area contributed by atoms with Gasteiger partial charge in [-0.2, -0.15) is 4.98 Å². The number of hydrogen-bond donors (Lipinski definition) is 1. The molecule has 0 aromatic carbocycles. The van der Waals surface area contributed by atoms with Crippen molar-refractivity contribution in [3.05, 3.63) is 11.7 Å². The van der Waals surface area contributed by atoms with Gasteiger partial charge in [0.2, 0.25) is 5.89 Å². The highest BCUT2D eigenvalue weighted by Crippen LogP contribution is 2.26. The van der Waals surface area contributed by atoms with Crippen LogP contribution in [-0.4, -0.2) is 34.1 Å². The molecule has 0 aliphatic carbocycles. The van der Waals surface area contributed by atoms with Gasteiger partial charge in [-0.15, -0.1) is 0 Å². The van der Waals surface area contributed by atoms with Crippen LogP contribution in [0.5, 0.6) is 0 Å². The van der Waals surface area contributed by atoms with Gasteiger partial charge in [0.05, 0.1) is 12.0 Å². The first-order chi connectivity index (χ1) is 7.89. The maximum absolute atomic E-state index is 10.3. The fourth-order valence-electron chi connectivity index (χ4n) is 1.84. The molecule has 0 amide bonds. The van der Waals surface area contributed by atoms with Gasteiger partial charge in [0.25, 0.3) is 0 Å². The molecule has 1 saturated heterocycles. The predicted molar refractivity (Wildman–Crippen MR) is 61.7 cm³/mol. The molecule has 0 bridgehead atoms. The summed E-state index contributed by atoms with van der Waals surface area (Å²) in [6, 6.07) is 0. The second-order valence-corrected chi connectivity index (χ2v) is 5.78. The average molecular weight is 240 g/mol. The van der Waals surface area contributed by atoms with Crippen LogP contribution in [0.15, 0.2) is 4.52 Å². The molecule has 0 spiro atoms. The third-order valence-electron chi connectivity index (χ3n) is 3.04. The number of rotatable bonds is 2. The van der Waals surface area contributed by atoms with E-state index in [-0.39, 0.29) is 5.41 Å². The summed E-state index contributed by atoms with van der Waals surface area (Å²) in [5.41, 5.74) is -0.875. The minimum absolute atomic E-state index is 0.125. The maximum atomic E-state index is 10.3. The summed E-state index contributed by atoms with van der Waals surface area (Å²) in [7, 11) is 0. The van der Waals surface area contributed by atoms with Crippen LogP contribution in [0.3, 0.4) is 0 Å². The second kappa shape index (κ2) is 4.38. The number of aromatic nitrogens is 2. The first-order valence-corrected chi connectivity index (χ1v) is 6.02.